The van der Waals surface area contributed by atoms with Crippen molar-refractivity contribution in [3.8, 4) is 5.75 Å². The fourth-order valence-corrected chi connectivity index (χ4v) is 2.83. The molecule has 0 radical (unpaired) electrons. The van der Waals surface area contributed by atoms with E-state index in [1.807, 2.05) is 37.9 Å². The summed E-state index contributed by atoms with van der Waals surface area (Å²) in [7, 11) is 1.83. The van der Waals surface area contributed by atoms with Gasteiger partial charge in [0.05, 0.1) is 19.8 Å². The Morgan fingerprint density at radius 2 is 1.92 bits per heavy atom. The summed E-state index contributed by atoms with van der Waals surface area (Å²) in [5, 5.41) is 10.1. The first-order chi connectivity index (χ1) is 11.4. The molecule has 0 aliphatic carbocycles. The molecule has 24 heavy (non-hydrogen) atoms. The number of morpholine rings is 1. The molecule has 1 fully saturated rings. The summed E-state index contributed by atoms with van der Waals surface area (Å²) in [5.74, 6) is 0.835. The third kappa shape index (κ3) is 6.11. The number of nitrogens with zero attached hydrogens (tertiary/aromatic N) is 2. The van der Waals surface area contributed by atoms with Crippen LogP contribution in [-0.2, 0) is 9.53 Å². The normalized spacial score (nSPS) is 16.3. The van der Waals surface area contributed by atoms with Crippen molar-refractivity contribution in [2.45, 2.75) is 20.0 Å². The first-order valence-electron chi connectivity index (χ1n) is 8.37. The Bertz CT molecular complexity index is 524. The van der Waals surface area contributed by atoms with E-state index in [4.69, 9.17) is 9.47 Å². The van der Waals surface area contributed by atoms with Gasteiger partial charge in [-0.25, -0.2) is 0 Å². The van der Waals surface area contributed by atoms with Crippen LogP contribution >= 0.6 is 0 Å². The van der Waals surface area contributed by atoms with Gasteiger partial charge in [0.25, 0.3) is 0 Å². The van der Waals surface area contributed by atoms with Gasteiger partial charge in [-0.15, -0.1) is 0 Å². The van der Waals surface area contributed by atoms with Crippen molar-refractivity contribution in [3.05, 3.63) is 29.3 Å². The lowest BCUT2D eigenvalue weighted by Gasteiger charge is -2.29. The van der Waals surface area contributed by atoms with Crippen molar-refractivity contribution in [1.82, 2.24) is 9.80 Å². The number of carbonyl (C=O) groups is 1. The van der Waals surface area contributed by atoms with E-state index >= 15 is 0 Å². The highest BCUT2D eigenvalue weighted by molar-refractivity contribution is 5.78. The van der Waals surface area contributed by atoms with E-state index in [9.17, 15) is 9.90 Å². The van der Waals surface area contributed by atoms with Crippen LogP contribution in [0, 0.1) is 13.8 Å². The van der Waals surface area contributed by atoms with Gasteiger partial charge in [-0.05, 0) is 44.2 Å². The minimum absolute atomic E-state index is 0.0724. The molecule has 1 aliphatic rings. The van der Waals surface area contributed by atoms with Crippen molar-refractivity contribution in [3.63, 3.8) is 0 Å². The molecule has 1 amide bonds. The lowest BCUT2D eigenvalue weighted by atomic mass is 10.1. The number of carbonyl (C=O) groups excluding carboxylic acids is 1. The summed E-state index contributed by atoms with van der Waals surface area (Å²) in [6.45, 7) is 7.41. The third-order valence-electron chi connectivity index (χ3n) is 3.93. The number of hydrogen-bond donors (Lipinski definition) is 1. The summed E-state index contributed by atoms with van der Waals surface area (Å²) in [5.41, 5.74) is 2.26. The smallest absolute Gasteiger partial charge is 0.236 e. The lowest BCUT2D eigenvalue weighted by molar-refractivity contribution is -0.136. The second-order valence-electron chi connectivity index (χ2n) is 6.48. The number of aliphatic hydroxyl groups excluding tert-OH is 1. The van der Waals surface area contributed by atoms with Crippen molar-refractivity contribution in [1.29, 1.82) is 0 Å². The zero-order chi connectivity index (χ0) is 17.5. The van der Waals surface area contributed by atoms with Gasteiger partial charge >= 0.3 is 0 Å². The van der Waals surface area contributed by atoms with E-state index in [0.29, 0.717) is 39.4 Å². The molecular formula is C18H28N2O4. The maximum absolute atomic E-state index is 12.2. The number of amides is 1. The van der Waals surface area contributed by atoms with E-state index in [1.165, 1.54) is 0 Å². The summed E-state index contributed by atoms with van der Waals surface area (Å²) in [6.07, 6.45) is -0.645. The highest BCUT2D eigenvalue weighted by Crippen LogP contribution is 2.16. The molecule has 0 aromatic heterocycles. The molecule has 6 nitrogen and oxygen atoms in total. The second-order valence-corrected chi connectivity index (χ2v) is 6.48. The van der Waals surface area contributed by atoms with Crippen LogP contribution in [0.5, 0.6) is 5.75 Å². The molecule has 1 unspecified atom stereocenters. The Kier molecular flexibility index (Phi) is 7.02. The quantitative estimate of drug-likeness (QED) is 0.799. The fraction of sp³-hybridized carbons (Fsp3) is 0.611. The van der Waals surface area contributed by atoms with E-state index in [-0.39, 0.29) is 12.5 Å². The molecule has 6 heteroatoms. The molecule has 1 aliphatic heterocycles. The van der Waals surface area contributed by atoms with Crippen LogP contribution in [0.4, 0.5) is 0 Å². The van der Waals surface area contributed by atoms with Crippen LogP contribution in [0.15, 0.2) is 18.2 Å². The molecular weight excluding hydrogens is 308 g/mol. The molecule has 1 saturated heterocycles. The molecule has 134 valence electrons. The number of aliphatic hydroxyl groups is 1. The van der Waals surface area contributed by atoms with E-state index in [1.54, 1.807) is 4.90 Å². The van der Waals surface area contributed by atoms with Crippen molar-refractivity contribution < 1.29 is 19.4 Å². The standard InChI is InChI=1S/C18H28N2O4/c1-14-8-15(2)10-17(9-14)24-13-16(21)11-19(3)12-18(22)20-4-6-23-7-5-20/h8-10,16,21H,4-7,11-13H2,1-3H3. The van der Waals surface area contributed by atoms with Crippen LogP contribution in [0.25, 0.3) is 0 Å². The molecule has 2 rings (SSSR count). The third-order valence-corrected chi connectivity index (χ3v) is 3.93. The molecule has 1 aromatic rings. The number of aryl methyl sites for hydroxylation is 2. The predicted molar refractivity (Wildman–Crippen MR) is 92.3 cm³/mol. The highest BCUT2D eigenvalue weighted by atomic mass is 16.5. The number of benzene rings is 1. The van der Waals surface area contributed by atoms with Crippen LogP contribution in [0.1, 0.15) is 11.1 Å². The monoisotopic (exact) mass is 336 g/mol. The minimum Gasteiger partial charge on any atom is -0.491 e. The van der Waals surface area contributed by atoms with Gasteiger partial charge in [0.2, 0.25) is 5.91 Å². The van der Waals surface area contributed by atoms with Gasteiger partial charge in [0.15, 0.2) is 0 Å². The van der Waals surface area contributed by atoms with E-state index in [0.717, 1.165) is 16.9 Å². The molecule has 1 aromatic carbocycles. The van der Waals surface area contributed by atoms with Gasteiger partial charge in [-0.2, -0.15) is 0 Å². The lowest BCUT2D eigenvalue weighted by Crippen LogP contribution is -2.46. The Hall–Kier alpha value is -1.63. The number of likely N-dealkylation sites (N-methyl/N-ethyl adjacent to an activating group) is 1. The molecule has 0 spiro atoms. The van der Waals surface area contributed by atoms with Gasteiger partial charge in [-0.3, -0.25) is 9.69 Å². The molecule has 1 N–H and O–H groups in total. The average Bonchev–Trinajstić information content (AvgIpc) is 2.52. The number of rotatable bonds is 7. The number of hydrogen-bond acceptors (Lipinski definition) is 5. The molecule has 0 saturated carbocycles. The van der Waals surface area contributed by atoms with Gasteiger partial charge in [0, 0.05) is 19.6 Å². The summed E-state index contributed by atoms with van der Waals surface area (Å²) in [4.78, 5) is 15.8. The SMILES string of the molecule is Cc1cc(C)cc(OCC(O)CN(C)CC(=O)N2CCOCC2)c1. The van der Waals surface area contributed by atoms with Crippen molar-refractivity contribution >= 4 is 5.91 Å². The first kappa shape index (κ1) is 18.7. The summed E-state index contributed by atoms with van der Waals surface area (Å²) >= 11 is 0. The summed E-state index contributed by atoms with van der Waals surface area (Å²) < 4.78 is 10.9. The van der Waals surface area contributed by atoms with Gasteiger partial charge in [-0.1, -0.05) is 6.07 Å². The Balaban J connectivity index is 1.72. The minimum atomic E-state index is -0.645. The Morgan fingerprint density at radius 1 is 1.29 bits per heavy atom. The van der Waals surface area contributed by atoms with Crippen molar-refractivity contribution in [2.24, 2.45) is 0 Å². The van der Waals surface area contributed by atoms with Crippen LogP contribution in [0.2, 0.25) is 0 Å². The zero-order valence-electron chi connectivity index (χ0n) is 14.8. The number of ether oxygens (including phenoxy) is 2. The van der Waals surface area contributed by atoms with E-state index in [2.05, 4.69) is 6.07 Å². The van der Waals surface area contributed by atoms with Gasteiger partial charge < -0.3 is 19.5 Å². The molecule has 1 heterocycles. The summed E-state index contributed by atoms with van der Waals surface area (Å²) in [6, 6.07) is 5.98. The first-order valence-corrected chi connectivity index (χ1v) is 8.37. The topological polar surface area (TPSA) is 62.2 Å². The fourth-order valence-electron chi connectivity index (χ4n) is 2.83. The van der Waals surface area contributed by atoms with Crippen molar-refractivity contribution in [2.75, 3.05) is 53.0 Å². The predicted octanol–water partition coefficient (Wildman–Crippen LogP) is 0.834. The van der Waals surface area contributed by atoms with E-state index < -0.39 is 6.10 Å². The largest absolute Gasteiger partial charge is 0.491 e. The molecule has 0 bridgehead atoms. The Labute approximate surface area is 144 Å². The average molecular weight is 336 g/mol. The maximum Gasteiger partial charge on any atom is 0.236 e. The highest BCUT2D eigenvalue weighted by Gasteiger charge is 2.19. The van der Waals surface area contributed by atoms with Crippen LogP contribution in [0.3, 0.4) is 0 Å². The maximum atomic E-state index is 12.2. The van der Waals surface area contributed by atoms with Gasteiger partial charge in [0.1, 0.15) is 18.5 Å². The molecule has 1 atom stereocenters. The second kappa shape index (κ2) is 9.01. The Morgan fingerprint density at radius 3 is 2.54 bits per heavy atom. The van der Waals surface area contributed by atoms with Crippen LogP contribution < -0.4 is 4.74 Å². The van der Waals surface area contributed by atoms with Crippen LogP contribution in [-0.4, -0.2) is 80.0 Å². The zero-order valence-corrected chi connectivity index (χ0v) is 14.8.